The van der Waals surface area contributed by atoms with Gasteiger partial charge in [0.15, 0.2) is 5.13 Å². The third-order valence-electron chi connectivity index (χ3n) is 2.62. The van der Waals surface area contributed by atoms with Crippen molar-refractivity contribution in [3.8, 4) is 0 Å². The zero-order valence-corrected chi connectivity index (χ0v) is 12.2. The molecule has 0 aliphatic carbocycles. The fourth-order valence-electron chi connectivity index (χ4n) is 1.81. The average molecular weight is 300 g/mol. The fourth-order valence-corrected chi connectivity index (χ4v) is 2.54. The third-order valence-corrected chi connectivity index (χ3v) is 3.43. The van der Waals surface area contributed by atoms with Crippen LogP contribution >= 0.6 is 23.7 Å². The van der Waals surface area contributed by atoms with E-state index >= 15 is 0 Å². The summed E-state index contributed by atoms with van der Waals surface area (Å²) in [5.41, 5.74) is 6.86. The van der Waals surface area contributed by atoms with Gasteiger partial charge in [-0.25, -0.2) is 4.98 Å². The molecule has 0 saturated carbocycles. The predicted octanol–water partition coefficient (Wildman–Crippen LogP) is 2.14. The van der Waals surface area contributed by atoms with Crippen molar-refractivity contribution in [1.82, 2.24) is 9.88 Å². The van der Waals surface area contributed by atoms with Crippen molar-refractivity contribution < 1.29 is 5.11 Å². The van der Waals surface area contributed by atoms with Gasteiger partial charge >= 0.3 is 0 Å². The van der Waals surface area contributed by atoms with Gasteiger partial charge in [-0.05, 0) is 5.56 Å². The molecular weight excluding hydrogens is 282 g/mol. The van der Waals surface area contributed by atoms with Gasteiger partial charge in [-0.2, -0.15) is 0 Å². The smallest absolute Gasteiger partial charge is 0.180 e. The van der Waals surface area contributed by atoms with E-state index in [1.807, 2.05) is 18.2 Å². The number of hydrogen-bond acceptors (Lipinski definition) is 5. The predicted molar refractivity (Wildman–Crippen MR) is 81.4 cm³/mol. The summed E-state index contributed by atoms with van der Waals surface area (Å²) in [6, 6.07) is 10.2. The summed E-state index contributed by atoms with van der Waals surface area (Å²) in [6.07, 6.45) is 1.80. The molecule has 1 aromatic heterocycles. The molecular formula is C13H18ClN3OS. The highest BCUT2D eigenvalue weighted by Gasteiger charge is 2.08. The Balaban J connectivity index is 0.00000180. The van der Waals surface area contributed by atoms with E-state index in [1.54, 1.807) is 6.20 Å². The fraction of sp³-hybridized carbons (Fsp3) is 0.308. The molecule has 0 atom stereocenters. The molecule has 19 heavy (non-hydrogen) atoms. The maximum absolute atomic E-state index is 9.12. The monoisotopic (exact) mass is 299 g/mol. The van der Waals surface area contributed by atoms with E-state index in [1.165, 1.54) is 16.9 Å². The second-order valence-electron chi connectivity index (χ2n) is 4.08. The van der Waals surface area contributed by atoms with E-state index in [9.17, 15) is 0 Å². The normalized spacial score (nSPS) is 10.4. The van der Waals surface area contributed by atoms with Crippen molar-refractivity contribution >= 4 is 28.9 Å². The molecule has 0 spiro atoms. The lowest BCUT2D eigenvalue weighted by Gasteiger charge is -2.20. The first kappa shape index (κ1) is 15.9. The lowest BCUT2D eigenvalue weighted by molar-refractivity contribution is 0.185. The van der Waals surface area contributed by atoms with Gasteiger partial charge in [0.1, 0.15) is 0 Å². The number of nitrogen functional groups attached to an aromatic ring is 1. The molecule has 1 aromatic carbocycles. The summed E-state index contributed by atoms with van der Waals surface area (Å²) in [4.78, 5) is 7.35. The molecule has 0 bridgehead atoms. The molecule has 3 N–H and O–H groups in total. The van der Waals surface area contributed by atoms with Gasteiger partial charge in [-0.1, -0.05) is 30.3 Å². The highest BCUT2D eigenvalue weighted by Crippen LogP contribution is 2.17. The topological polar surface area (TPSA) is 62.4 Å². The largest absolute Gasteiger partial charge is 0.395 e. The summed E-state index contributed by atoms with van der Waals surface area (Å²) in [5, 5.41) is 9.71. The number of nitrogens with zero attached hydrogens (tertiary/aromatic N) is 2. The first-order valence-corrected chi connectivity index (χ1v) is 6.67. The Hall–Kier alpha value is -1.14. The second-order valence-corrected chi connectivity index (χ2v) is 5.23. The zero-order valence-electron chi connectivity index (χ0n) is 10.5. The SMILES string of the molecule is Cl.Nc1ncc(CN(CCO)Cc2ccccc2)s1. The van der Waals surface area contributed by atoms with Crippen LogP contribution in [0.3, 0.4) is 0 Å². The lowest BCUT2D eigenvalue weighted by atomic mass is 10.2. The van der Waals surface area contributed by atoms with Crippen LogP contribution in [0.1, 0.15) is 10.4 Å². The lowest BCUT2D eigenvalue weighted by Crippen LogP contribution is -2.25. The molecule has 0 aliphatic heterocycles. The number of rotatable bonds is 6. The summed E-state index contributed by atoms with van der Waals surface area (Å²) in [6.45, 7) is 2.39. The van der Waals surface area contributed by atoms with Crippen LogP contribution in [0.2, 0.25) is 0 Å². The summed E-state index contributed by atoms with van der Waals surface area (Å²) in [7, 11) is 0. The molecule has 0 amide bonds. The van der Waals surface area contributed by atoms with Crippen LogP contribution in [0.15, 0.2) is 36.5 Å². The van der Waals surface area contributed by atoms with Crippen LogP contribution in [0.4, 0.5) is 5.13 Å². The highest BCUT2D eigenvalue weighted by atomic mass is 35.5. The molecule has 0 fully saturated rings. The van der Waals surface area contributed by atoms with E-state index in [0.29, 0.717) is 11.7 Å². The maximum Gasteiger partial charge on any atom is 0.180 e. The second kappa shape index (κ2) is 8.12. The molecule has 4 nitrogen and oxygen atoms in total. The number of halogens is 1. The Morgan fingerprint density at radius 1 is 1.21 bits per heavy atom. The molecule has 104 valence electrons. The highest BCUT2D eigenvalue weighted by molar-refractivity contribution is 7.15. The van der Waals surface area contributed by atoms with Crippen molar-refractivity contribution in [1.29, 1.82) is 0 Å². The number of aliphatic hydroxyl groups is 1. The minimum absolute atomic E-state index is 0. The van der Waals surface area contributed by atoms with Crippen LogP contribution < -0.4 is 5.73 Å². The van der Waals surface area contributed by atoms with Crippen molar-refractivity contribution in [2.45, 2.75) is 13.1 Å². The van der Waals surface area contributed by atoms with E-state index in [2.05, 4.69) is 22.0 Å². The molecule has 0 aliphatic rings. The van der Waals surface area contributed by atoms with Gasteiger partial charge in [-0.15, -0.1) is 23.7 Å². The molecule has 0 radical (unpaired) electrons. The van der Waals surface area contributed by atoms with Gasteiger partial charge in [0.2, 0.25) is 0 Å². The third kappa shape index (κ3) is 5.16. The van der Waals surface area contributed by atoms with Crippen LogP contribution in [0.5, 0.6) is 0 Å². The van der Waals surface area contributed by atoms with Crippen molar-refractivity contribution in [2.75, 3.05) is 18.9 Å². The van der Waals surface area contributed by atoms with Gasteiger partial charge in [0.25, 0.3) is 0 Å². The summed E-state index contributed by atoms with van der Waals surface area (Å²) >= 11 is 1.50. The number of nitrogens with two attached hydrogens (primary N) is 1. The average Bonchev–Trinajstić information content (AvgIpc) is 2.76. The number of thiazole rings is 1. The molecule has 0 unspecified atom stereocenters. The number of aromatic nitrogens is 1. The van der Waals surface area contributed by atoms with Crippen LogP contribution in [0.25, 0.3) is 0 Å². The van der Waals surface area contributed by atoms with Crippen molar-refractivity contribution in [2.24, 2.45) is 0 Å². The Morgan fingerprint density at radius 3 is 2.53 bits per heavy atom. The number of hydrogen-bond donors (Lipinski definition) is 2. The Kier molecular flexibility index (Phi) is 6.80. The molecule has 6 heteroatoms. The standard InChI is InChI=1S/C13H17N3OS.ClH/c14-13-15-8-12(18-13)10-16(6-7-17)9-11-4-2-1-3-5-11;/h1-5,8,17H,6-7,9-10H2,(H2,14,15);1H. The quantitative estimate of drug-likeness (QED) is 0.858. The van der Waals surface area contributed by atoms with Crippen molar-refractivity contribution in [3.63, 3.8) is 0 Å². The number of benzene rings is 1. The minimum Gasteiger partial charge on any atom is -0.395 e. The molecule has 2 rings (SSSR count). The van der Waals surface area contributed by atoms with E-state index < -0.39 is 0 Å². The van der Waals surface area contributed by atoms with Gasteiger partial charge in [0, 0.05) is 30.7 Å². The Morgan fingerprint density at radius 2 is 1.95 bits per heavy atom. The number of aliphatic hydroxyl groups excluding tert-OH is 1. The molecule has 0 saturated heterocycles. The minimum atomic E-state index is 0. The zero-order chi connectivity index (χ0) is 12.8. The molecule has 1 heterocycles. The first-order valence-electron chi connectivity index (χ1n) is 5.85. The van der Waals surface area contributed by atoms with Gasteiger partial charge < -0.3 is 10.8 Å². The van der Waals surface area contributed by atoms with Gasteiger partial charge in [-0.3, -0.25) is 4.90 Å². The van der Waals surface area contributed by atoms with E-state index in [-0.39, 0.29) is 19.0 Å². The maximum atomic E-state index is 9.12. The summed E-state index contributed by atoms with van der Waals surface area (Å²) < 4.78 is 0. The van der Waals surface area contributed by atoms with Gasteiger partial charge in [0.05, 0.1) is 6.61 Å². The first-order chi connectivity index (χ1) is 8.78. The summed E-state index contributed by atoms with van der Waals surface area (Å²) in [5.74, 6) is 0. The van der Waals surface area contributed by atoms with Crippen LogP contribution in [-0.4, -0.2) is 28.1 Å². The molecule has 2 aromatic rings. The van der Waals surface area contributed by atoms with E-state index in [0.717, 1.165) is 18.0 Å². The Bertz CT molecular complexity index is 478. The van der Waals surface area contributed by atoms with Crippen LogP contribution in [-0.2, 0) is 13.1 Å². The van der Waals surface area contributed by atoms with Crippen molar-refractivity contribution in [3.05, 3.63) is 47.0 Å². The number of anilines is 1. The van der Waals surface area contributed by atoms with Crippen LogP contribution in [0, 0.1) is 0 Å². The van der Waals surface area contributed by atoms with E-state index in [4.69, 9.17) is 10.8 Å². The Labute approximate surface area is 123 Å².